The van der Waals surface area contributed by atoms with Crippen molar-refractivity contribution >= 4 is 115 Å². The molecule has 4 heterocycles. The van der Waals surface area contributed by atoms with Gasteiger partial charge < -0.3 is 57.9 Å². The van der Waals surface area contributed by atoms with E-state index in [9.17, 15) is 86.6 Å². The van der Waals surface area contributed by atoms with Crippen molar-refractivity contribution in [2.45, 2.75) is 75.0 Å². The summed E-state index contributed by atoms with van der Waals surface area (Å²) in [4.78, 5) is 131. The summed E-state index contributed by atoms with van der Waals surface area (Å²) in [5, 5.41) is 22.2. The standard InChI is InChI=1S/C21H23ClFNO5.C15H18N6O6S.C14H10F4N4O7S.C3H8NO5P.C3H9S/c1-2-3-6-9-28-19(25)12-29-18-11-17(16(23)10-15(18)22)24-20(26)13-7-4-5-8-14(13)21(24)27;1-21(2)13(22)9-6-5-7-16-12(9)28(24,25)20-15(23)19-14-17-10(26-3)8-11(18-14)27-4;15-11(16)28-8-5-9(29-12(17)18)20-13(19-8)21-14(25)22-30(26,27)7-4-2-1-3-6(7)10(23)24;5-3(6)1-4-2-10(7,8)9;1-4(2)3/h10-11H,2-9,12H2,1H3;5-8H,1-4H3,(H2,17,18,19,20,23);1-5,11-12H,(H,23,24)(H2,19,20,21,22,25);4H,1-2H2,(H,5,6)(H2,7,8,9);1-3H3/q;;;;+1/p-1. The van der Waals surface area contributed by atoms with Crippen LogP contribution in [0.15, 0.2) is 87.9 Å². The second kappa shape index (κ2) is 40.6. The number of alkyl halides is 4. The van der Waals surface area contributed by atoms with Gasteiger partial charge in [0.05, 0.1) is 86.4 Å². The number of halogens is 6. The topological polar surface area (TPSA) is 492 Å². The average molecular weight is 1530 g/mol. The highest BCUT2D eigenvalue weighted by molar-refractivity contribution is 7.94. The number of urea groups is 2. The van der Waals surface area contributed by atoms with E-state index in [1.165, 1.54) is 80.5 Å². The number of esters is 1. The molecule has 35 nitrogen and oxygen atoms in total. The number of aliphatic carboxylic acids is 1. The van der Waals surface area contributed by atoms with Gasteiger partial charge in [-0.15, -0.1) is 0 Å². The minimum absolute atomic E-state index is 0.000883. The first-order chi connectivity index (χ1) is 47.2. The minimum atomic E-state index is -4.71. The summed E-state index contributed by atoms with van der Waals surface area (Å²) < 4.78 is 155. The monoisotopic (exact) mass is 1530 g/mol. The number of nitrogens with one attached hydrogen (secondary N) is 5. The fourth-order valence-electron chi connectivity index (χ4n) is 7.70. The smallest absolute Gasteiger partial charge is 0.388 e. The maximum atomic E-state index is 14.5. The van der Waals surface area contributed by atoms with Crippen LogP contribution >= 0.6 is 19.2 Å². The van der Waals surface area contributed by atoms with Crippen molar-refractivity contribution in [2.24, 2.45) is 0 Å². The zero-order valence-corrected chi connectivity index (χ0v) is 58.5. The number of benzene rings is 2. The number of anilines is 3. The fourth-order valence-corrected chi connectivity index (χ4v) is 10.4. The number of carboxylic acid groups (broad SMARTS) is 2. The summed E-state index contributed by atoms with van der Waals surface area (Å²) in [6, 6.07) is 8.27. The number of sulfonamides is 2. The lowest BCUT2D eigenvalue weighted by molar-refractivity contribution is -0.193. The Morgan fingerprint density at radius 2 is 1.26 bits per heavy atom. The first kappa shape index (κ1) is 85.6. The van der Waals surface area contributed by atoms with Crippen molar-refractivity contribution < 1.29 is 130 Å². The Kier molecular flexibility index (Phi) is 34.4. The molecule has 1 unspecified atom stereocenters. The average Bonchev–Trinajstić information content (AvgIpc) is 1.66. The first-order valence-corrected chi connectivity index (χ1v) is 36.0. The number of aromatic nitrogens is 5. The van der Waals surface area contributed by atoms with Crippen LogP contribution in [0.3, 0.4) is 0 Å². The summed E-state index contributed by atoms with van der Waals surface area (Å²) in [5.74, 6) is -8.69. The van der Waals surface area contributed by atoms with Crippen molar-refractivity contribution in [2.75, 3.05) is 88.7 Å². The van der Waals surface area contributed by atoms with E-state index in [-0.39, 0.29) is 39.7 Å². The van der Waals surface area contributed by atoms with Crippen LogP contribution in [0.4, 0.5) is 49.1 Å². The molecule has 0 bridgehead atoms. The first-order valence-electron chi connectivity index (χ1n) is 28.5. The molecule has 7 amide bonds. The Morgan fingerprint density at radius 3 is 1.73 bits per heavy atom. The maximum absolute atomic E-state index is 14.5. The number of rotatable bonds is 26. The summed E-state index contributed by atoms with van der Waals surface area (Å²) in [7, 11) is -7.27. The van der Waals surface area contributed by atoms with E-state index in [1.807, 2.05) is 12.2 Å². The zero-order chi connectivity index (χ0) is 76.1. The van der Waals surface area contributed by atoms with Crippen molar-refractivity contribution in [3.05, 3.63) is 100.0 Å². The lowest BCUT2D eigenvalue weighted by atomic mass is 9.93. The van der Waals surface area contributed by atoms with Crippen molar-refractivity contribution in [1.29, 1.82) is 0 Å². The highest BCUT2D eigenvalue weighted by Gasteiger charge is 2.41. The highest BCUT2D eigenvalue weighted by atomic mass is 35.5. The molecule has 554 valence electrons. The van der Waals surface area contributed by atoms with Gasteiger partial charge in [0.15, 0.2) is 11.6 Å². The van der Waals surface area contributed by atoms with E-state index < -0.39 is 147 Å². The molecule has 3 aromatic heterocycles. The molecule has 101 heavy (non-hydrogen) atoms. The van der Waals surface area contributed by atoms with E-state index in [0.717, 1.165) is 55.2 Å². The number of carbonyl (C=O) groups excluding carboxylic acids is 6. The molecule has 0 saturated carbocycles. The predicted octanol–water partition coefficient (Wildman–Crippen LogP) is 4.98. The Labute approximate surface area is 580 Å². The summed E-state index contributed by atoms with van der Waals surface area (Å²) in [5.41, 5.74) is -0.159. The summed E-state index contributed by atoms with van der Waals surface area (Å²) in [6.45, 7) is -5.36. The third-order valence-electron chi connectivity index (χ3n) is 11.7. The molecule has 0 saturated heterocycles. The Morgan fingerprint density at radius 1 is 0.762 bits per heavy atom. The number of imide groups is 1. The number of aromatic carboxylic acids is 1. The number of nitrogens with zero attached hydrogens (tertiary/aromatic N) is 7. The van der Waals surface area contributed by atoms with E-state index in [4.69, 9.17) is 45.7 Å². The molecule has 1 aliphatic carbocycles. The number of hydrogen-bond donors (Lipinski definition) is 8. The number of carboxylic acids is 2. The van der Waals surface area contributed by atoms with E-state index in [0.29, 0.717) is 47.6 Å². The molecule has 1 atom stereocenters. The minimum Gasteiger partial charge on any atom is -0.778 e. The molecule has 0 radical (unpaired) electrons. The SMILES string of the molecule is CCCCCOC(=O)COc1cc(N2C(=O)C3=C(CCCC3)C2=O)c(F)cc1Cl.COc1cc(OC)nc(NC(=O)NS(=O)(=O)c2ncccc2C(=O)N(C)C)n1.C[S+](C)C.O=C(Nc1nc(OC(F)F)cc(OC(F)F)n1)NS(=O)(=O)c1ccccc1C(=O)O.O=C(O)CNCP(=O)([O-])O. The molecular formula is C56H67ClF5N12O23PS3. The molecule has 7 rings (SSSR count). The lowest BCUT2D eigenvalue weighted by Gasteiger charge is -2.18. The molecular weight excluding hydrogens is 1470 g/mol. The van der Waals surface area contributed by atoms with Crippen molar-refractivity contribution in [3.63, 3.8) is 0 Å². The Bertz CT molecular complexity index is 4010. The lowest BCUT2D eigenvalue weighted by Crippen LogP contribution is -2.36. The van der Waals surface area contributed by atoms with Gasteiger partial charge in [-0.05, 0) is 73.3 Å². The van der Waals surface area contributed by atoms with Crippen LogP contribution in [0.1, 0.15) is 72.6 Å². The summed E-state index contributed by atoms with van der Waals surface area (Å²) in [6.07, 6.45) is 12.5. The van der Waals surface area contributed by atoms with E-state index in [2.05, 4.69) is 58.5 Å². The summed E-state index contributed by atoms with van der Waals surface area (Å²) >= 11 is 6.02. The van der Waals surface area contributed by atoms with Gasteiger partial charge in [-0.1, -0.05) is 43.5 Å². The number of pyridine rings is 1. The van der Waals surface area contributed by atoms with Crippen LogP contribution in [0.2, 0.25) is 5.02 Å². The van der Waals surface area contributed by atoms with Crippen molar-refractivity contribution in [1.82, 2.24) is 44.6 Å². The number of hydrogen-bond acceptors (Lipinski definition) is 26. The van der Waals surface area contributed by atoms with Crippen LogP contribution < -0.4 is 58.9 Å². The second-order valence-corrected chi connectivity index (χ2v) is 28.0. The molecule has 8 N–H and O–H groups in total. The fraction of sp³-hybridized carbons (Fsp3) is 0.375. The molecule has 0 fully saturated rings. The van der Waals surface area contributed by atoms with Gasteiger partial charge in [-0.25, -0.2) is 51.3 Å². The van der Waals surface area contributed by atoms with Gasteiger partial charge in [-0.2, -0.15) is 45.9 Å². The third kappa shape index (κ3) is 29.2. The molecule has 2 aromatic carbocycles. The number of methoxy groups -OCH3 is 2. The molecule has 0 spiro atoms. The highest BCUT2D eigenvalue weighted by Crippen LogP contribution is 2.40. The quantitative estimate of drug-likeness (QED) is 0.00903. The van der Waals surface area contributed by atoms with Gasteiger partial charge in [0.1, 0.15) is 24.1 Å². The van der Waals surface area contributed by atoms with Gasteiger partial charge in [0, 0.05) is 37.5 Å². The molecule has 45 heteroatoms. The second-order valence-electron chi connectivity index (χ2n) is 20.3. The largest absolute Gasteiger partial charge is 0.778 e. The van der Waals surface area contributed by atoms with E-state index in [1.54, 1.807) is 10.0 Å². The molecule has 1 aliphatic heterocycles. The normalized spacial score (nSPS) is 13.0. The van der Waals surface area contributed by atoms with Crippen LogP contribution in [0, 0.1) is 5.82 Å². The number of unbranched alkanes of at least 4 members (excludes halogenated alkanes) is 2. The van der Waals surface area contributed by atoms with Gasteiger partial charge in [0.2, 0.25) is 35.4 Å². The van der Waals surface area contributed by atoms with Gasteiger partial charge in [0.25, 0.3) is 37.8 Å². The Hall–Kier alpha value is -9.65. The Balaban J connectivity index is 0.000000359. The predicted molar refractivity (Wildman–Crippen MR) is 346 cm³/mol. The number of amides is 7. The maximum Gasteiger partial charge on any atom is 0.388 e. The third-order valence-corrected chi connectivity index (χ3v) is 15.3. The van der Waals surface area contributed by atoms with Crippen LogP contribution in [-0.2, 0) is 59.4 Å². The molecule has 2 aliphatic rings. The van der Waals surface area contributed by atoms with Gasteiger partial charge in [-0.3, -0.25) is 35.1 Å². The van der Waals surface area contributed by atoms with Gasteiger partial charge >= 0.3 is 43.2 Å². The van der Waals surface area contributed by atoms with E-state index >= 15 is 0 Å². The number of carbonyl (C=O) groups is 8. The van der Waals surface area contributed by atoms with Crippen LogP contribution in [0.25, 0.3) is 0 Å². The van der Waals surface area contributed by atoms with Crippen LogP contribution in [0.5, 0.6) is 29.3 Å². The number of ether oxygens (including phenoxy) is 6. The van der Waals surface area contributed by atoms with Crippen molar-refractivity contribution in [3.8, 4) is 29.3 Å². The molecule has 5 aromatic rings. The van der Waals surface area contributed by atoms with Crippen LogP contribution in [-0.4, -0.2) is 196 Å². The zero-order valence-electron chi connectivity index (χ0n) is 54.4.